The van der Waals surface area contributed by atoms with Gasteiger partial charge in [0.05, 0.1) is 6.26 Å². The van der Waals surface area contributed by atoms with Crippen LogP contribution in [0.15, 0.2) is 37.1 Å². The summed E-state index contributed by atoms with van der Waals surface area (Å²) in [5, 5.41) is 0. The molecule has 0 radical (unpaired) electrons. The molecule has 0 aliphatic carbocycles. The molecule has 0 N–H and O–H groups in total. The molecule has 2 heteroatoms. The standard InChI is InChI=1S/C11H14OS/c1-2-12-11-7-5-10(6-8-11)4-3-9-13/h2,5-8,13H,1,3-4,9H2/p-1. The van der Waals surface area contributed by atoms with Gasteiger partial charge in [-0.3, -0.25) is 0 Å². The quantitative estimate of drug-likeness (QED) is 0.525. The largest absolute Gasteiger partial charge is 0.793 e. The molecule has 0 saturated carbocycles. The summed E-state index contributed by atoms with van der Waals surface area (Å²) in [5.74, 6) is 1.65. The van der Waals surface area contributed by atoms with E-state index in [1.165, 1.54) is 11.8 Å². The van der Waals surface area contributed by atoms with Gasteiger partial charge in [-0.15, -0.1) is 0 Å². The summed E-state index contributed by atoms with van der Waals surface area (Å²) < 4.78 is 5.11. The summed E-state index contributed by atoms with van der Waals surface area (Å²) in [6, 6.07) is 8.01. The second kappa shape index (κ2) is 5.70. The van der Waals surface area contributed by atoms with Crippen LogP contribution in [0.5, 0.6) is 5.75 Å². The van der Waals surface area contributed by atoms with Crippen LogP contribution in [0.4, 0.5) is 0 Å². The fraction of sp³-hybridized carbons (Fsp3) is 0.273. The number of rotatable bonds is 5. The van der Waals surface area contributed by atoms with Crippen LogP contribution in [0.3, 0.4) is 0 Å². The zero-order valence-corrected chi connectivity index (χ0v) is 8.35. The van der Waals surface area contributed by atoms with E-state index in [2.05, 4.69) is 18.7 Å². The summed E-state index contributed by atoms with van der Waals surface area (Å²) in [4.78, 5) is 0. The number of hydrogen-bond acceptors (Lipinski definition) is 2. The van der Waals surface area contributed by atoms with Crippen molar-refractivity contribution in [3.8, 4) is 5.75 Å². The highest BCUT2D eigenvalue weighted by Gasteiger charge is 1.92. The van der Waals surface area contributed by atoms with Crippen LogP contribution in [0, 0.1) is 0 Å². The summed E-state index contributed by atoms with van der Waals surface area (Å²) in [6.07, 6.45) is 3.55. The Kier molecular flexibility index (Phi) is 4.47. The van der Waals surface area contributed by atoms with Crippen molar-refractivity contribution in [3.05, 3.63) is 42.7 Å². The lowest BCUT2D eigenvalue weighted by Gasteiger charge is -2.04. The first kappa shape index (κ1) is 10.2. The molecule has 0 amide bonds. The van der Waals surface area contributed by atoms with Gasteiger partial charge in [0, 0.05) is 0 Å². The maximum absolute atomic E-state index is 5.11. The lowest BCUT2D eigenvalue weighted by atomic mass is 10.1. The lowest BCUT2D eigenvalue weighted by molar-refractivity contribution is 0.483. The summed E-state index contributed by atoms with van der Waals surface area (Å²) in [6.45, 7) is 3.49. The molecule has 0 aliphatic rings. The third-order valence-electron chi connectivity index (χ3n) is 1.75. The Balaban J connectivity index is 2.53. The minimum absolute atomic E-state index is 0.824. The summed E-state index contributed by atoms with van der Waals surface area (Å²) in [7, 11) is 0. The van der Waals surface area contributed by atoms with Crippen molar-refractivity contribution < 1.29 is 4.74 Å². The topological polar surface area (TPSA) is 9.23 Å². The Morgan fingerprint density at radius 1 is 1.31 bits per heavy atom. The maximum atomic E-state index is 5.11. The average Bonchev–Trinajstić information content (AvgIpc) is 2.17. The highest BCUT2D eigenvalue weighted by atomic mass is 32.1. The Labute approximate surface area is 84.8 Å². The number of hydrogen-bond donors (Lipinski definition) is 0. The van der Waals surface area contributed by atoms with Gasteiger partial charge in [-0.1, -0.05) is 25.1 Å². The van der Waals surface area contributed by atoms with E-state index < -0.39 is 0 Å². The summed E-state index contributed by atoms with van der Waals surface area (Å²) >= 11 is 4.88. The van der Waals surface area contributed by atoms with Crippen LogP contribution < -0.4 is 4.74 Å². The monoisotopic (exact) mass is 193 g/mol. The third kappa shape index (κ3) is 3.55. The van der Waals surface area contributed by atoms with Gasteiger partial charge >= 0.3 is 0 Å². The molecule has 1 nitrogen and oxygen atoms in total. The molecule has 0 unspecified atom stereocenters. The number of ether oxygens (including phenoxy) is 1. The molecule has 70 valence electrons. The molecule has 0 fully saturated rings. The van der Waals surface area contributed by atoms with Crippen LogP contribution >= 0.6 is 0 Å². The van der Waals surface area contributed by atoms with Crippen LogP contribution in [-0.2, 0) is 19.0 Å². The Morgan fingerprint density at radius 2 is 2.00 bits per heavy atom. The van der Waals surface area contributed by atoms with Crippen molar-refractivity contribution in [2.45, 2.75) is 12.8 Å². The first-order valence-corrected chi connectivity index (χ1v) is 4.89. The normalized spacial score (nSPS) is 9.62. The molecule has 1 aromatic carbocycles. The Hall–Kier alpha value is -0.890. The predicted octanol–water partition coefficient (Wildman–Crippen LogP) is 2.69. The van der Waals surface area contributed by atoms with Gasteiger partial charge in [0.15, 0.2) is 0 Å². The maximum Gasteiger partial charge on any atom is 0.126 e. The minimum atomic E-state index is 0.824. The van der Waals surface area contributed by atoms with Gasteiger partial charge in [-0.05, 0) is 24.1 Å². The van der Waals surface area contributed by atoms with Crippen molar-refractivity contribution in [1.29, 1.82) is 0 Å². The van der Waals surface area contributed by atoms with E-state index in [4.69, 9.17) is 17.4 Å². The SMILES string of the molecule is C=COc1ccc(CCC[S-])cc1. The van der Waals surface area contributed by atoms with Crippen LogP contribution in [0.2, 0.25) is 0 Å². The minimum Gasteiger partial charge on any atom is -0.793 e. The molecule has 0 aliphatic heterocycles. The molecule has 0 bridgehead atoms. The van der Waals surface area contributed by atoms with Gasteiger partial charge in [-0.2, -0.15) is 5.75 Å². The first-order chi connectivity index (χ1) is 6.36. The van der Waals surface area contributed by atoms with E-state index >= 15 is 0 Å². The van der Waals surface area contributed by atoms with Gasteiger partial charge in [-0.25, -0.2) is 0 Å². The van der Waals surface area contributed by atoms with Gasteiger partial charge in [0.2, 0.25) is 0 Å². The van der Waals surface area contributed by atoms with Gasteiger partial charge in [0.1, 0.15) is 5.75 Å². The smallest absolute Gasteiger partial charge is 0.126 e. The molecule has 0 aromatic heterocycles. The van der Waals surface area contributed by atoms with E-state index in [9.17, 15) is 0 Å². The second-order valence-corrected chi connectivity index (χ2v) is 3.14. The van der Waals surface area contributed by atoms with Crippen LogP contribution in [0.1, 0.15) is 12.0 Å². The van der Waals surface area contributed by atoms with E-state index in [1.807, 2.05) is 12.1 Å². The highest BCUT2D eigenvalue weighted by Crippen LogP contribution is 2.13. The molecular weight excluding hydrogens is 180 g/mol. The molecular formula is C11H13OS-. The van der Waals surface area contributed by atoms with Crippen LogP contribution in [0.25, 0.3) is 0 Å². The van der Waals surface area contributed by atoms with Crippen molar-refractivity contribution in [2.24, 2.45) is 0 Å². The number of benzene rings is 1. The summed E-state index contributed by atoms with van der Waals surface area (Å²) in [5.41, 5.74) is 1.31. The Bertz CT molecular complexity index is 253. The molecule has 0 spiro atoms. The van der Waals surface area contributed by atoms with Crippen molar-refractivity contribution in [3.63, 3.8) is 0 Å². The van der Waals surface area contributed by atoms with Crippen molar-refractivity contribution >= 4 is 12.6 Å². The van der Waals surface area contributed by atoms with Gasteiger partial charge < -0.3 is 17.4 Å². The molecule has 1 rings (SSSR count). The third-order valence-corrected chi connectivity index (χ3v) is 2.04. The fourth-order valence-corrected chi connectivity index (χ4v) is 1.25. The van der Waals surface area contributed by atoms with E-state index in [-0.39, 0.29) is 0 Å². The zero-order valence-electron chi connectivity index (χ0n) is 7.53. The molecule has 13 heavy (non-hydrogen) atoms. The number of aryl methyl sites for hydroxylation is 1. The highest BCUT2D eigenvalue weighted by molar-refractivity contribution is 7.58. The second-order valence-electron chi connectivity index (χ2n) is 2.74. The molecule has 1 aromatic rings. The first-order valence-electron chi connectivity index (χ1n) is 4.31. The van der Waals surface area contributed by atoms with Crippen LogP contribution in [-0.4, -0.2) is 5.75 Å². The average molecular weight is 193 g/mol. The predicted molar refractivity (Wildman–Crippen MR) is 57.8 cm³/mol. The molecule has 0 heterocycles. The molecule has 0 atom stereocenters. The van der Waals surface area contributed by atoms with Crippen molar-refractivity contribution in [2.75, 3.05) is 5.75 Å². The van der Waals surface area contributed by atoms with E-state index in [0.717, 1.165) is 24.3 Å². The van der Waals surface area contributed by atoms with E-state index in [1.54, 1.807) is 0 Å². The van der Waals surface area contributed by atoms with E-state index in [0.29, 0.717) is 0 Å². The molecule has 0 saturated heterocycles. The van der Waals surface area contributed by atoms with Gasteiger partial charge in [0.25, 0.3) is 0 Å². The fourth-order valence-electron chi connectivity index (χ4n) is 1.11. The zero-order chi connectivity index (χ0) is 9.52. The van der Waals surface area contributed by atoms with Crippen molar-refractivity contribution in [1.82, 2.24) is 0 Å². The Morgan fingerprint density at radius 3 is 2.54 bits per heavy atom. The lowest BCUT2D eigenvalue weighted by Crippen LogP contribution is -1.88.